The number of rotatable bonds is 2. The molecule has 1 saturated heterocycles. The Labute approximate surface area is 62.4 Å². The van der Waals surface area contributed by atoms with Crippen molar-refractivity contribution >= 4 is 12.4 Å². The molecule has 1 aliphatic rings. The van der Waals surface area contributed by atoms with Crippen LogP contribution in [0.3, 0.4) is 0 Å². The first-order valence-electron chi connectivity index (χ1n) is 2.96. The Kier molecular flexibility index (Phi) is 3.48. The normalized spacial score (nSPS) is 22.0. The molecule has 0 atom stereocenters. The van der Waals surface area contributed by atoms with E-state index in [1.54, 1.807) is 7.11 Å². The van der Waals surface area contributed by atoms with Crippen molar-refractivity contribution in [2.45, 2.75) is 6.92 Å². The summed E-state index contributed by atoms with van der Waals surface area (Å²) in [6.45, 7) is 5.34. The van der Waals surface area contributed by atoms with E-state index in [-0.39, 0.29) is 12.4 Å². The van der Waals surface area contributed by atoms with Gasteiger partial charge in [0.25, 0.3) is 0 Å². The van der Waals surface area contributed by atoms with Crippen molar-refractivity contribution in [3.63, 3.8) is 0 Å². The highest BCUT2D eigenvalue weighted by atomic mass is 35.5. The van der Waals surface area contributed by atoms with Crippen LogP contribution < -0.4 is 5.32 Å². The van der Waals surface area contributed by atoms with E-state index in [4.69, 9.17) is 4.74 Å². The Morgan fingerprint density at radius 1 is 1.56 bits per heavy atom. The van der Waals surface area contributed by atoms with Gasteiger partial charge in [0.05, 0.1) is 6.61 Å². The summed E-state index contributed by atoms with van der Waals surface area (Å²) >= 11 is 0. The fraction of sp³-hybridized carbons (Fsp3) is 1.00. The molecule has 9 heavy (non-hydrogen) atoms. The lowest BCUT2D eigenvalue weighted by atomic mass is 9.85. The first-order valence-corrected chi connectivity index (χ1v) is 2.96. The molecule has 0 saturated carbocycles. The van der Waals surface area contributed by atoms with Crippen molar-refractivity contribution in [1.82, 2.24) is 5.32 Å². The van der Waals surface area contributed by atoms with Gasteiger partial charge in [-0.2, -0.15) is 0 Å². The van der Waals surface area contributed by atoms with Crippen molar-refractivity contribution in [3.05, 3.63) is 0 Å². The van der Waals surface area contributed by atoms with Crippen LogP contribution in [0.25, 0.3) is 0 Å². The highest BCUT2D eigenvalue weighted by Gasteiger charge is 2.30. The van der Waals surface area contributed by atoms with Gasteiger partial charge in [-0.3, -0.25) is 0 Å². The zero-order valence-electron chi connectivity index (χ0n) is 5.94. The standard InChI is InChI=1S/C6H13NO.ClH/c1-6(5-8-2)3-7-4-6;/h7H,3-5H2,1-2H3;1H. The van der Waals surface area contributed by atoms with Crippen molar-refractivity contribution < 1.29 is 4.74 Å². The molecule has 56 valence electrons. The van der Waals surface area contributed by atoms with Crippen LogP contribution >= 0.6 is 12.4 Å². The maximum absolute atomic E-state index is 5.01. The largest absolute Gasteiger partial charge is 0.384 e. The molecule has 1 rings (SSSR count). The molecule has 1 N–H and O–H groups in total. The number of nitrogens with one attached hydrogen (secondary N) is 1. The van der Waals surface area contributed by atoms with Crippen LogP contribution in [-0.4, -0.2) is 26.8 Å². The third-order valence-electron chi connectivity index (χ3n) is 1.60. The zero-order chi connectivity index (χ0) is 6.04. The summed E-state index contributed by atoms with van der Waals surface area (Å²) < 4.78 is 5.01. The molecule has 0 aliphatic carbocycles. The molecule has 1 aliphatic heterocycles. The van der Waals surface area contributed by atoms with Crippen LogP contribution in [0.2, 0.25) is 0 Å². The average Bonchev–Trinajstić information content (AvgIpc) is 1.64. The van der Waals surface area contributed by atoms with Crippen LogP contribution in [-0.2, 0) is 4.74 Å². The van der Waals surface area contributed by atoms with Gasteiger partial charge in [-0.15, -0.1) is 12.4 Å². The lowest BCUT2D eigenvalue weighted by Crippen LogP contribution is -2.53. The third kappa shape index (κ3) is 2.12. The summed E-state index contributed by atoms with van der Waals surface area (Å²) in [5.74, 6) is 0. The molecule has 2 nitrogen and oxygen atoms in total. The van der Waals surface area contributed by atoms with E-state index in [1.165, 1.54) is 0 Å². The van der Waals surface area contributed by atoms with E-state index >= 15 is 0 Å². The lowest BCUT2D eigenvalue weighted by molar-refractivity contribution is 0.0523. The van der Waals surface area contributed by atoms with E-state index in [0.29, 0.717) is 5.41 Å². The molecule has 0 spiro atoms. The summed E-state index contributed by atoms with van der Waals surface area (Å²) in [5, 5.41) is 3.21. The molecule has 3 heteroatoms. The number of hydrogen-bond donors (Lipinski definition) is 1. The van der Waals surface area contributed by atoms with Crippen LogP contribution in [0.15, 0.2) is 0 Å². The van der Waals surface area contributed by atoms with Crippen LogP contribution in [0.4, 0.5) is 0 Å². The maximum atomic E-state index is 5.01. The molecule has 1 heterocycles. The van der Waals surface area contributed by atoms with Crippen LogP contribution in [0, 0.1) is 5.41 Å². The summed E-state index contributed by atoms with van der Waals surface area (Å²) in [7, 11) is 1.75. The third-order valence-corrected chi connectivity index (χ3v) is 1.60. The highest BCUT2D eigenvalue weighted by molar-refractivity contribution is 5.85. The molecule has 0 bridgehead atoms. The van der Waals surface area contributed by atoms with E-state index in [9.17, 15) is 0 Å². The second kappa shape index (κ2) is 3.40. The topological polar surface area (TPSA) is 21.3 Å². The molecule has 0 aromatic rings. The number of halogens is 1. The monoisotopic (exact) mass is 151 g/mol. The van der Waals surface area contributed by atoms with E-state index in [1.807, 2.05) is 0 Å². The Morgan fingerprint density at radius 3 is 2.22 bits per heavy atom. The van der Waals surface area contributed by atoms with Crippen molar-refractivity contribution in [1.29, 1.82) is 0 Å². The van der Waals surface area contributed by atoms with Crippen molar-refractivity contribution in [3.8, 4) is 0 Å². The van der Waals surface area contributed by atoms with Gasteiger partial charge in [0.1, 0.15) is 0 Å². The first kappa shape index (κ1) is 9.21. The SMILES string of the molecule is COCC1(C)CNC1.Cl. The van der Waals surface area contributed by atoms with Crippen molar-refractivity contribution in [2.24, 2.45) is 5.41 Å². The fourth-order valence-electron chi connectivity index (χ4n) is 1.00. The fourth-order valence-corrected chi connectivity index (χ4v) is 1.00. The minimum absolute atomic E-state index is 0. The molecular formula is C6H14ClNO. The molecule has 0 unspecified atom stereocenters. The number of methoxy groups -OCH3 is 1. The minimum atomic E-state index is 0. The zero-order valence-corrected chi connectivity index (χ0v) is 6.75. The smallest absolute Gasteiger partial charge is 0.0540 e. The predicted octanol–water partition coefficient (Wildman–Crippen LogP) is 0.664. The van der Waals surface area contributed by atoms with E-state index < -0.39 is 0 Å². The Bertz CT molecular complexity index is 83.1. The van der Waals surface area contributed by atoms with Crippen LogP contribution in [0.5, 0.6) is 0 Å². The molecular weight excluding hydrogens is 138 g/mol. The molecule has 0 amide bonds. The minimum Gasteiger partial charge on any atom is -0.384 e. The van der Waals surface area contributed by atoms with Gasteiger partial charge >= 0.3 is 0 Å². The molecule has 0 aromatic carbocycles. The average molecular weight is 152 g/mol. The Hall–Kier alpha value is 0.210. The summed E-state index contributed by atoms with van der Waals surface area (Å²) in [4.78, 5) is 0. The lowest BCUT2D eigenvalue weighted by Gasteiger charge is -2.38. The second-order valence-corrected chi connectivity index (χ2v) is 2.85. The maximum Gasteiger partial charge on any atom is 0.0540 e. The first-order chi connectivity index (χ1) is 3.77. The summed E-state index contributed by atoms with van der Waals surface area (Å²) in [5.41, 5.74) is 0.439. The van der Waals surface area contributed by atoms with Gasteiger partial charge in [0, 0.05) is 25.6 Å². The molecule has 1 fully saturated rings. The van der Waals surface area contributed by atoms with Gasteiger partial charge < -0.3 is 10.1 Å². The molecule has 0 aromatic heterocycles. The van der Waals surface area contributed by atoms with Gasteiger partial charge in [0.2, 0.25) is 0 Å². The summed E-state index contributed by atoms with van der Waals surface area (Å²) in [6, 6.07) is 0. The quantitative estimate of drug-likeness (QED) is 0.627. The van der Waals surface area contributed by atoms with Gasteiger partial charge in [-0.1, -0.05) is 6.92 Å². The van der Waals surface area contributed by atoms with Gasteiger partial charge in [0.15, 0.2) is 0 Å². The van der Waals surface area contributed by atoms with E-state index in [0.717, 1.165) is 19.7 Å². The van der Waals surface area contributed by atoms with Crippen molar-refractivity contribution in [2.75, 3.05) is 26.8 Å². The number of hydrogen-bond acceptors (Lipinski definition) is 2. The number of ether oxygens (including phenoxy) is 1. The van der Waals surface area contributed by atoms with Gasteiger partial charge in [-0.05, 0) is 0 Å². The predicted molar refractivity (Wildman–Crippen MR) is 40.1 cm³/mol. The van der Waals surface area contributed by atoms with Crippen LogP contribution in [0.1, 0.15) is 6.92 Å². The van der Waals surface area contributed by atoms with Gasteiger partial charge in [-0.25, -0.2) is 0 Å². The highest BCUT2D eigenvalue weighted by Crippen LogP contribution is 2.20. The Morgan fingerprint density at radius 2 is 2.11 bits per heavy atom. The summed E-state index contributed by atoms with van der Waals surface area (Å²) in [6.07, 6.45) is 0. The molecule has 0 radical (unpaired) electrons. The second-order valence-electron chi connectivity index (χ2n) is 2.85. The Balaban J connectivity index is 0.000000640. The van der Waals surface area contributed by atoms with E-state index in [2.05, 4.69) is 12.2 Å².